The number of aryl methyl sites for hydroxylation is 1. The minimum absolute atomic E-state index is 0.477. The number of carbonyl (C=O) groups is 1. The van der Waals surface area contributed by atoms with Gasteiger partial charge >= 0.3 is 0 Å². The van der Waals surface area contributed by atoms with Gasteiger partial charge in [0.15, 0.2) is 0 Å². The maximum Gasteiger partial charge on any atom is 0.240 e. The topological polar surface area (TPSA) is 58.5 Å². The molecular formula is C9H8N2O2. The van der Waals surface area contributed by atoms with Crippen LogP contribution in [0.5, 0.6) is 0 Å². The second-order valence-electron chi connectivity index (χ2n) is 2.46. The number of amides is 1. The maximum absolute atomic E-state index is 10.2. The Morgan fingerprint density at radius 1 is 1.54 bits per heavy atom. The lowest BCUT2D eigenvalue weighted by molar-refractivity contribution is -0.105. The molecule has 0 radical (unpaired) electrons. The zero-order chi connectivity index (χ0) is 9.68. The summed E-state index contributed by atoms with van der Waals surface area (Å²) in [7, 11) is 0. The molecular weight excluding hydrogens is 168 g/mol. The number of hydrogen-bond donors (Lipinski definition) is 1. The van der Waals surface area contributed by atoms with Gasteiger partial charge in [0.25, 0.3) is 0 Å². The highest BCUT2D eigenvalue weighted by atomic mass is 16.1. The van der Waals surface area contributed by atoms with Crippen LogP contribution in [0.25, 0.3) is 0 Å². The zero-order valence-corrected chi connectivity index (χ0v) is 7.07. The van der Waals surface area contributed by atoms with Gasteiger partial charge in [-0.3, -0.25) is 4.79 Å². The summed E-state index contributed by atoms with van der Waals surface area (Å²) in [5.41, 5.74) is 2.04. The van der Waals surface area contributed by atoms with Gasteiger partial charge < -0.3 is 5.32 Å². The van der Waals surface area contributed by atoms with E-state index in [-0.39, 0.29) is 0 Å². The fraction of sp³-hybridized carbons (Fsp3) is 0.111. The van der Waals surface area contributed by atoms with Crippen molar-refractivity contribution in [3.05, 3.63) is 23.8 Å². The first-order chi connectivity index (χ1) is 6.27. The molecule has 1 amide bonds. The van der Waals surface area contributed by atoms with Gasteiger partial charge in [0.05, 0.1) is 5.69 Å². The molecule has 0 saturated heterocycles. The van der Waals surface area contributed by atoms with E-state index in [1.54, 1.807) is 18.2 Å². The number of aliphatic imine (C=N–C) groups is 1. The van der Waals surface area contributed by atoms with Crippen LogP contribution in [0.4, 0.5) is 11.4 Å². The lowest BCUT2D eigenvalue weighted by Crippen LogP contribution is -1.95. The first-order valence-electron chi connectivity index (χ1n) is 3.66. The van der Waals surface area contributed by atoms with Crippen LogP contribution in [0.15, 0.2) is 23.2 Å². The highest BCUT2D eigenvalue weighted by molar-refractivity contribution is 5.75. The minimum atomic E-state index is 0.477. The fourth-order valence-corrected chi connectivity index (χ4v) is 0.951. The SMILES string of the molecule is Cc1ccc(N=C=O)cc1NC=O. The molecule has 0 spiro atoms. The largest absolute Gasteiger partial charge is 0.328 e. The Morgan fingerprint density at radius 2 is 2.31 bits per heavy atom. The van der Waals surface area contributed by atoms with E-state index in [1.165, 1.54) is 6.08 Å². The number of nitrogens with zero attached hydrogens (tertiary/aromatic N) is 1. The van der Waals surface area contributed by atoms with Gasteiger partial charge in [0, 0.05) is 5.69 Å². The number of carbonyl (C=O) groups excluding carboxylic acids is 2. The van der Waals surface area contributed by atoms with Crippen molar-refractivity contribution in [3.63, 3.8) is 0 Å². The number of anilines is 1. The molecule has 1 N–H and O–H groups in total. The van der Waals surface area contributed by atoms with Crippen molar-refractivity contribution in [1.29, 1.82) is 0 Å². The van der Waals surface area contributed by atoms with Crippen molar-refractivity contribution in [3.8, 4) is 0 Å². The average Bonchev–Trinajstić information content (AvgIpc) is 2.12. The van der Waals surface area contributed by atoms with Crippen molar-refractivity contribution >= 4 is 23.9 Å². The van der Waals surface area contributed by atoms with Gasteiger partial charge in [0.1, 0.15) is 0 Å². The van der Waals surface area contributed by atoms with Crippen LogP contribution < -0.4 is 5.32 Å². The van der Waals surface area contributed by atoms with Gasteiger partial charge in [0.2, 0.25) is 12.5 Å². The van der Waals surface area contributed by atoms with Crippen molar-refractivity contribution in [2.45, 2.75) is 6.92 Å². The molecule has 66 valence electrons. The van der Waals surface area contributed by atoms with Gasteiger partial charge in [-0.2, -0.15) is 4.99 Å². The molecule has 1 aromatic rings. The molecule has 4 nitrogen and oxygen atoms in total. The Morgan fingerprint density at radius 3 is 2.92 bits per heavy atom. The Bertz CT molecular complexity index is 368. The molecule has 0 atom stereocenters. The maximum atomic E-state index is 10.2. The molecule has 0 aliphatic rings. The van der Waals surface area contributed by atoms with Crippen LogP contribution in [0.2, 0.25) is 0 Å². The molecule has 0 bridgehead atoms. The van der Waals surface area contributed by atoms with E-state index < -0.39 is 0 Å². The summed E-state index contributed by atoms with van der Waals surface area (Å²) >= 11 is 0. The average molecular weight is 176 g/mol. The Balaban J connectivity index is 3.09. The summed E-state index contributed by atoms with van der Waals surface area (Å²) in [5.74, 6) is 0. The van der Waals surface area contributed by atoms with Gasteiger partial charge in [-0.05, 0) is 24.6 Å². The molecule has 13 heavy (non-hydrogen) atoms. The number of rotatable bonds is 3. The fourth-order valence-electron chi connectivity index (χ4n) is 0.951. The van der Waals surface area contributed by atoms with Crippen LogP contribution in [-0.2, 0) is 9.59 Å². The van der Waals surface area contributed by atoms with Gasteiger partial charge in [-0.15, -0.1) is 0 Å². The molecule has 0 saturated carbocycles. The van der Waals surface area contributed by atoms with Crippen LogP contribution >= 0.6 is 0 Å². The quantitative estimate of drug-likeness (QED) is 0.431. The standard InChI is InChI=1S/C9H8N2O2/c1-7-2-3-8(10-5-12)4-9(7)11-6-13/h2-4,6H,1H3,(H,11,13). The summed E-state index contributed by atoms with van der Waals surface area (Å²) in [6.45, 7) is 1.85. The van der Waals surface area contributed by atoms with E-state index in [0.717, 1.165) is 5.56 Å². The molecule has 0 aliphatic heterocycles. The first-order valence-corrected chi connectivity index (χ1v) is 3.66. The highest BCUT2D eigenvalue weighted by Crippen LogP contribution is 2.21. The predicted molar refractivity (Wildman–Crippen MR) is 48.6 cm³/mol. The van der Waals surface area contributed by atoms with Gasteiger partial charge in [-0.25, -0.2) is 4.79 Å². The highest BCUT2D eigenvalue weighted by Gasteiger charge is 1.97. The second kappa shape index (κ2) is 4.18. The lowest BCUT2D eigenvalue weighted by Gasteiger charge is -2.03. The van der Waals surface area contributed by atoms with Gasteiger partial charge in [-0.1, -0.05) is 6.07 Å². The Labute approximate surface area is 75.3 Å². The normalized spacial score (nSPS) is 8.69. The number of hydrogen-bond acceptors (Lipinski definition) is 3. The van der Waals surface area contributed by atoms with Crippen LogP contribution in [0.1, 0.15) is 5.56 Å². The second-order valence-corrected chi connectivity index (χ2v) is 2.46. The number of benzene rings is 1. The van der Waals surface area contributed by atoms with Crippen LogP contribution in [0.3, 0.4) is 0 Å². The smallest absolute Gasteiger partial charge is 0.240 e. The molecule has 1 aromatic carbocycles. The summed E-state index contributed by atoms with van der Waals surface area (Å²) in [5, 5.41) is 2.50. The number of nitrogens with one attached hydrogen (secondary N) is 1. The third-order valence-electron chi connectivity index (χ3n) is 1.61. The molecule has 0 fully saturated rings. The monoisotopic (exact) mass is 176 g/mol. The van der Waals surface area contributed by atoms with Crippen molar-refractivity contribution in [2.24, 2.45) is 4.99 Å². The third kappa shape index (κ3) is 2.25. The molecule has 0 heterocycles. The Hall–Kier alpha value is -1.93. The summed E-state index contributed by atoms with van der Waals surface area (Å²) < 4.78 is 0. The van der Waals surface area contributed by atoms with E-state index in [4.69, 9.17) is 0 Å². The zero-order valence-electron chi connectivity index (χ0n) is 7.07. The van der Waals surface area contributed by atoms with E-state index >= 15 is 0 Å². The molecule has 1 rings (SSSR count). The molecule has 0 aromatic heterocycles. The summed E-state index contributed by atoms with van der Waals surface area (Å²) in [6, 6.07) is 5.05. The van der Waals surface area contributed by atoms with Crippen molar-refractivity contribution in [2.75, 3.05) is 5.32 Å². The van der Waals surface area contributed by atoms with Crippen molar-refractivity contribution < 1.29 is 9.59 Å². The first kappa shape index (κ1) is 9.16. The van der Waals surface area contributed by atoms with E-state index in [0.29, 0.717) is 17.8 Å². The van der Waals surface area contributed by atoms with E-state index in [1.807, 2.05) is 6.92 Å². The Kier molecular flexibility index (Phi) is 2.95. The van der Waals surface area contributed by atoms with E-state index in [2.05, 4.69) is 10.3 Å². The lowest BCUT2D eigenvalue weighted by atomic mass is 10.2. The molecule has 4 heteroatoms. The molecule has 0 aliphatic carbocycles. The van der Waals surface area contributed by atoms with Crippen LogP contribution in [0, 0.1) is 6.92 Å². The number of isocyanates is 1. The summed E-state index contributed by atoms with van der Waals surface area (Å²) in [6.07, 6.45) is 2.01. The molecule has 0 unspecified atom stereocenters. The van der Waals surface area contributed by atoms with E-state index in [9.17, 15) is 9.59 Å². The van der Waals surface area contributed by atoms with Crippen LogP contribution in [-0.4, -0.2) is 12.5 Å². The predicted octanol–water partition coefficient (Wildman–Crippen LogP) is 1.53. The summed E-state index contributed by atoms with van der Waals surface area (Å²) in [4.78, 5) is 23.6. The third-order valence-corrected chi connectivity index (χ3v) is 1.61. The van der Waals surface area contributed by atoms with Crippen molar-refractivity contribution in [1.82, 2.24) is 0 Å². The minimum Gasteiger partial charge on any atom is -0.328 e.